The van der Waals surface area contributed by atoms with Gasteiger partial charge in [0.1, 0.15) is 12.1 Å². The second kappa shape index (κ2) is 9.19. The van der Waals surface area contributed by atoms with E-state index in [2.05, 4.69) is 44.3 Å². The first-order valence-electron chi connectivity index (χ1n) is 11.1. The van der Waals surface area contributed by atoms with Crippen molar-refractivity contribution in [1.29, 1.82) is 0 Å². The zero-order valence-electron chi connectivity index (χ0n) is 18.4. The Morgan fingerprint density at radius 2 is 1.91 bits per heavy atom. The first-order valence-corrected chi connectivity index (χ1v) is 11.5. The average molecular weight is 461 g/mol. The van der Waals surface area contributed by atoms with Crippen molar-refractivity contribution >= 4 is 34.4 Å². The predicted octanol–water partition coefficient (Wildman–Crippen LogP) is 4.31. The number of anilines is 1. The summed E-state index contributed by atoms with van der Waals surface area (Å²) >= 11 is 5.95. The first-order chi connectivity index (χ1) is 16.1. The van der Waals surface area contributed by atoms with Gasteiger partial charge in [-0.05, 0) is 49.6 Å². The molecule has 0 bridgehead atoms. The number of piperidine rings is 1. The molecule has 4 aromatic rings. The molecule has 1 saturated heterocycles. The number of hydrogen-bond donors (Lipinski definition) is 1. The Labute approximate surface area is 197 Å². The summed E-state index contributed by atoms with van der Waals surface area (Å²) in [5.74, 6) is 0.798. The van der Waals surface area contributed by atoms with Crippen molar-refractivity contribution in [1.82, 2.24) is 25.1 Å². The number of nitrogens with one attached hydrogen (secondary N) is 1. The van der Waals surface area contributed by atoms with Crippen LogP contribution in [-0.4, -0.2) is 38.7 Å². The van der Waals surface area contributed by atoms with E-state index in [-0.39, 0.29) is 11.8 Å². The van der Waals surface area contributed by atoms with Gasteiger partial charge in [0, 0.05) is 30.9 Å². The van der Waals surface area contributed by atoms with E-state index in [4.69, 9.17) is 11.6 Å². The number of carbonyl (C=O) groups excluding carboxylic acids is 1. The van der Waals surface area contributed by atoms with E-state index >= 15 is 0 Å². The molecule has 7 nitrogen and oxygen atoms in total. The Bertz CT molecular complexity index is 1270. The van der Waals surface area contributed by atoms with Crippen LogP contribution in [0.5, 0.6) is 0 Å². The molecule has 0 aliphatic carbocycles. The van der Waals surface area contributed by atoms with Crippen LogP contribution < -0.4 is 10.2 Å². The van der Waals surface area contributed by atoms with Gasteiger partial charge in [-0.15, -0.1) is 5.10 Å². The molecule has 5 rings (SSSR count). The lowest BCUT2D eigenvalue weighted by Gasteiger charge is -2.33. The van der Waals surface area contributed by atoms with Crippen LogP contribution in [0.2, 0.25) is 5.02 Å². The zero-order valence-corrected chi connectivity index (χ0v) is 19.2. The summed E-state index contributed by atoms with van der Waals surface area (Å²) in [6.07, 6.45) is 5.31. The quantitative estimate of drug-likeness (QED) is 0.480. The maximum Gasteiger partial charge on any atom is 0.225 e. The van der Waals surface area contributed by atoms with Gasteiger partial charge < -0.3 is 10.2 Å². The topological polar surface area (TPSA) is 75.9 Å². The smallest absolute Gasteiger partial charge is 0.225 e. The summed E-state index contributed by atoms with van der Waals surface area (Å²) in [5, 5.41) is 9.29. The normalized spacial score (nSPS) is 16.2. The molecule has 33 heavy (non-hydrogen) atoms. The Balaban J connectivity index is 1.32. The third kappa shape index (κ3) is 4.68. The van der Waals surface area contributed by atoms with Gasteiger partial charge in [0.15, 0.2) is 5.65 Å². The minimum atomic E-state index is -0.0943. The molecule has 3 heterocycles. The molecular weight excluding hydrogens is 436 g/mol. The van der Waals surface area contributed by atoms with Crippen LogP contribution in [0.25, 0.3) is 16.7 Å². The van der Waals surface area contributed by atoms with Crippen molar-refractivity contribution in [2.45, 2.75) is 26.3 Å². The summed E-state index contributed by atoms with van der Waals surface area (Å²) in [6.45, 7) is 4.02. The maximum absolute atomic E-state index is 12.9. The molecule has 1 N–H and O–H groups in total. The van der Waals surface area contributed by atoms with Crippen LogP contribution in [0.15, 0.2) is 61.1 Å². The van der Waals surface area contributed by atoms with Crippen molar-refractivity contribution in [3.05, 3.63) is 77.2 Å². The number of nitrogens with zero attached hydrogens (tertiary/aromatic N) is 5. The zero-order chi connectivity index (χ0) is 22.8. The molecule has 1 unspecified atom stereocenters. The number of halogens is 1. The van der Waals surface area contributed by atoms with Crippen LogP contribution in [0.3, 0.4) is 0 Å². The number of aryl methyl sites for hydroxylation is 1. The van der Waals surface area contributed by atoms with Gasteiger partial charge in [-0.3, -0.25) is 4.79 Å². The molecule has 1 amide bonds. The van der Waals surface area contributed by atoms with Crippen molar-refractivity contribution in [2.24, 2.45) is 5.92 Å². The summed E-state index contributed by atoms with van der Waals surface area (Å²) in [7, 11) is 0. The largest absolute Gasteiger partial charge is 0.355 e. The van der Waals surface area contributed by atoms with Crippen LogP contribution in [0.1, 0.15) is 24.0 Å². The molecule has 2 aromatic carbocycles. The Morgan fingerprint density at radius 3 is 2.70 bits per heavy atom. The minimum Gasteiger partial charge on any atom is -0.355 e. The van der Waals surface area contributed by atoms with Gasteiger partial charge in [-0.25, -0.2) is 14.6 Å². The monoisotopic (exact) mass is 460 g/mol. The summed E-state index contributed by atoms with van der Waals surface area (Å²) in [5.41, 5.74) is 3.85. The molecule has 1 aliphatic rings. The van der Waals surface area contributed by atoms with E-state index in [0.29, 0.717) is 23.8 Å². The SMILES string of the molecule is Cc1ccc(-n2cc3c(N4CCCC(C(=O)NCc5ccc(Cl)cc5)C4)ncnc3n2)cc1. The lowest BCUT2D eigenvalue weighted by molar-refractivity contribution is -0.125. The van der Waals surface area contributed by atoms with Crippen molar-refractivity contribution < 1.29 is 4.79 Å². The van der Waals surface area contributed by atoms with Gasteiger partial charge in [0.2, 0.25) is 5.91 Å². The Kier molecular flexibility index (Phi) is 5.96. The van der Waals surface area contributed by atoms with Crippen molar-refractivity contribution in [3.8, 4) is 5.69 Å². The number of hydrogen-bond acceptors (Lipinski definition) is 5. The number of fused-ring (bicyclic) bond motifs is 1. The molecule has 1 fully saturated rings. The molecule has 0 radical (unpaired) electrons. The third-order valence-electron chi connectivity index (χ3n) is 6.07. The van der Waals surface area contributed by atoms with Gasteiger partial charge >= 0.3 is 0 Å². The molecule has 1 atom stereocenters. The van der Waals surface area contributed by atoms with Gasteiger partial charge in [0.25, 0.3) is 0 Å². The second-order valence-electron chi connectivity index (χ2n) is 8.47. The van der Waals surface area contributed by atoms with Crippen LogP contribution in [0.4, 0.5) is 5.82 Å². The number of aromatic nitrogens is 4. The van der Waals surface area contributed by atoms with Gasteiger partial charge in [-0.2, -0.15) is 0 Å². The number of benzene rings is 2. The predicted molar refractivity (Wildman–Crippen MR) is 130 cm³/mol. The fraction of sp³-hybridized carbons (Fsp3) is 0.280. The standard InChI is InChI=1S/C25H25ClN6O/c1-17-4-10-21(11-5-17)32-15-22-23(30-32)28-16-29-24(22)31-12-2-3-19(14-31)25(33)27-13-18-6-8-20(26)9-7-18/h4-11,15-16,19H,2-3,12-14H2,1H3,(H,27,33). The third-order valence-corrected chi connectivity index (χ3v) is 6.32. The molecule has 168 valence electrons. The van der Waals surface area contributed by atoms with E-state index in [1.165, 1.54) is 5.56 Å². The van der Waals surface area contributed by atoms with Gasteiger partial charge in [0.05, 0.1) is 17.0 Å². The van der Waals surface area contributed by atoms with E-state index in [1.807, 2.05) is 47.3 Å². The highest BCUT2D eigenvalue weighted by molar-refractivity contribution is 6.30. The summed E-state index contributed by atoms with van der Waals surface area (Å²) in [6, 6.07) is 15.7. The highest BCUT2D eigenvalue weighted by atomic mass is 35.5. The van der Waals surface area contributed by atoms with E-state index in [1.54, 1.807) is 6.33 Å². The maximum atomic E-state index is 12.9. The second-order valence-corrected chi connectivity index (χ2v) is 8.91. The highest BCUT2D eigenvalue weighted by Gasteiger charge is 2.28. The lowest BCUT2D eigenvalue weighted by atomic mass is 9.97. The van der Waals surface area contributed by atoms with E-state index in [9.17, 15) is 4.79 Å². The number of amides is 1. The summed E-state index contributed by atoms with van der Waals surface area (Å²) < 4.78 is 1.84. The van der Waals surface area contributed by atoms with E-state index in [0.717, 1.165) is 41.8 Å². The molecule has 0 spiro atoms. The van der Waals surface area contributed by atoms with Crippen LogP contribution in [-0.2, 0) is 11.3 Å². The van der Waals surface area contributed by atoms with Gasteiger partial charge in [-0.1, -0.05) is 41.4 Å². The van der Waals surface area contributed by atoms with Crippen molar-refractivity contribution in [3.63, 3.8) is 0 Å². The van der Waals surface area contributed by atoms with Crippen LogP contribution >= 0.6 is 11.6 Å². The number of carbonyl (C=O) groups is 1. The molecule has 1 aliphatic heterocycles. The Morgan fingerprint density at radius 1 is 1.12 bits per heavy atom. The number of rotatable bonds is 5. The van der Waals surface area contributed by atoms with E-state index < -0.39 is 0 Å². The fourth-order valence-corrected chi connectivity index (χ4v) is 4.35. The van der Waals surface area contributed by atoms with Crippen LogP contribution in [0, 0.1) is 12.8 Å². The first kappa shape index (κ1) is 21.4. The Hall–Kier alpha value is -3.45. The fourth-order valence-electron chi connectivity index (χ4n) is 4.23. The highest BCUT2D eigenvalue weighted by Crippen LogP contribution is 2.28. The molecule has 0 saturated carbocycles. The molecular formula is C25H25ClN6O. The average Bonchev–Trinajstić information content (AvgIpc) is 3.28. The molecule has 8 heteroatoms. The van der Waals surface area contributed by atoms with Crippen molar-refractivity contribution in [2.75, 3.05) is 18.0 Å². The summed E-state index contributed by atoms with van der Waals surface area (Å²) in [4.78, 5) is 24.0. The lowest BCUT2D eigenvalue weighted by Crippen LogP contribution is -2.43. The minimum absolute atomic E-state index is 0.0651. The molecule has 2 aromatic heterocycles.